The van der Waals surface area contributed by atoms with Crippen LogP contribution in [0.5, 0.6) is 0 Å². The maximum absolute atomic E-state index is 12.8. The molecule has 1 unspecified atom stereocenters. The largest absolute Gasteiger partial charge is 0.462 e. The minimum Gasteiger partial charge on any atom is -0.462 e. The number of unbranched alkanes of at least 4 members (excludes halogenated alkanes) is 38. The topological polar surface area (TPSA) is 78.9 Å². The highest BCUT2D eigenvalue weighted by molar-refractivity contribution is 5.71. The van der Waals surface area contributed by atoms with E-state index in [0.717, 1.165) is 77.0 Å². The van der Waals surface area contributed by atoms with Crippen LogP contribution in [0.4, 0.5) is 0 Å². The van der Waals surface area contributed by atoms with Crippen LogP contribution in [0.15, 0.2) is 24.3 Å². The van der Waals surface area contributed by atoms with Gasteiger partial charge < -0.3 is 14.2 Å². The molecule has 0 aliphatic heterocycles. The molecule has 65 heavy (non-hydrogen) atoms. The molecule has 0 spiro atoms. The molecule has 0 aromatic rings. The van der Waals surface area contributed by atoms with Gasteiger partial charge in [0.25, 0.3) is 0 Å². The molecular weight excluding hydrogens is 805 g/mol. The molecule has 0 aliphatic rings. The highest BCUT2D eigenvalue weighted by atomic mass is 16.6. The van der Waals surface area contributed by atoms with Crippen molar-refractivity contribution in [1.29, 1.82) is 0 Å². The number of carbonyl (C=O) groups excluding carboxylic acids is 3. The van der Waals surface area contributed by atoms with Crippen molar-refractivity contribution in [1.82, 2.24) is 0 Å². The molecule has 0 aliphatic carbocycles. The third-order valence-corrected chi connectivity index (χ3v) is 12.9. The summed E-state index contributed by atoms with van der Waals surface area (Å²) in [6.45, 7) is 6.60. The molecule has 0 aromatic carbocycles. The second-order valence-corrected chi connectivity index (χ2v) is 19.6. The van der Waals surface area contributed by atoms with Crippen molar-refractivity contribution in [3.05, 3.63) is 24.3 Å². The molecule has 1 atom stereocenters. The molecule has 6 nitrogen and oxygen atoms in total. The van der Waals surface area contributed by atoms with Crippen LogP contribution in [0, 0.1) is 0 Å². The van der Waals surface area contributed by atoms with Crippen LogP contribution in [-0.2, 0) is 28.6 Å². The van der Waals surface area contributed by atoms with Gasteiger partial charge in [-0.2, -0.15) is 0 Å². The Balaban J connectivity index is 4.22. The number of esters is 3. The zero-order valence-corrected chi connectivity index (χ0v) is 43.8. The van der Waals surface area contributed by atoms with Crippen molar-refractivity contribution in [2.24, 2.45) is 0 Å². The van der Waals surface area contributed by atoms with E-state index < -0.39 is 6.10 Å². The number of rotatable bonds is 53. The predicted molar refractivity (Wildman–Crippen MR) is 279 cm³/mol. The summed E-state index contributed by atoms with van der Waals surface area (Å²) in [5.41, 5.74) is 0. The summed E-state index contributed by atoms with van der Waals surface area (Å²) in [6.07, 6.45) is 63.3. The van der Waals surface area contributed by atoms with Crippen molar-refractivity contribution < 1.29 is 28.6 Å². The first-order chi connectivity index (χ1) is 32.0. The number of allylic oxidation sites excluding steroid dienone is 4. The summed E-state index contributed by atoms with van der Waals surface area (Å²) in [5, 5.41) is 0. The summed E-state index contributed by atoms with van der Waals surface area (Å²) in [7, 11) is 0. The van der Waals surface area contributed by atoms with Crippen LogP contribution < -0.4 is 0 Å². The van der Waals surface area contributed by atoms with Crippen molar-refractivity contribution in [3.63, 3.8) is 0 Å². The normalized spacial score (nSPS) is 12.1. The van der Waals surface area contributed by atoms with Gasteiger partial charge in [-0.15, -0.1) is 0 Å². The maximum atomic E-state index is 12.8. The lowest BCUT2D eigenvalue weighted by Crippen LogP contribution is -2.30. The monoisotopic (exact) mass is 915 g/mol. The first kappa shape index (κ1) is 62.9. The van der Waals surface area contributed by atoms with E-state index in [9.17, 15) is 14.4 Å². The highest BCUT2D eigenvalue weighted by Crippen LogP contribution is 2.17. The predicted octanol–water partition coefficient (Wildman–Crippen LogP) is 19.1. The van der Waals surface area contributed by atoms with E-state index in [-0.39, 0.29) is 31.1 Å². The smallest absolute Gasteiger partial charge is 0.306 e. The van der Waals surface area contributed by atoms with Crippen molar-refractivity contribution in [3.8, 4) is 0 Å². The van der Waals surface area contributed by atoms with E-state index in [1.54, 1.807) is 0 Å². The van der Waals surface area contributed by atoms with Gasteiger partial charge in [-0.05, 0) is 64.2 Å². The minimum absolute atomic E-state index is 0.0732. The average molecular weight is 916 g/mol. The fourth-order valence-electron chi connectivity index (χ4n) is 8.56. The van der Waals surface area contributed by atoms with Crippen LogP contribution in [0.3, 0.4) is 0 Å². The quantitative estimate of drug-likeness (QED) is 0.0262. The number of carbonyl (C=O) groups is 3. The number of hydrogen-bond acceptors (Lipinski definition) is 6. The molecule has 0 saturated heterocycles. The molecule has 0 rings (SSSR count). The molecule has 0 bridgehead atoms. The molecule has 0 N–H and O–H groups in total. The third kappa shape index (κ3) is 52.7. The Kier molecular flexibility index (Phi) is 52.7. The molecule has 0 radical (unpaired) electrons. The fraction of sp³-hybridized carbons (Fsp3) is 0.881. The SMILES string of the molecule is CCC/C=C\CCCCCCCC(=O)OCC(COC(=O)CCCCCCCCCCCCCCCCCCCCCCCC)OC(=O)CCCCCCC/C=C\CCCCCCCC. The van der Waals surface area contributed by atoms with Gasteiger partial charge >= 0.3 is 17.9 Å². The molecule has 0 fully saturated rings. The van der Waals surface area contributed by atoms with E-state index in [1.165, 1.54) is 199 Å². The van der Waals surface area contributed by atoms with Crippen molar-refractivity contribution >= 4 is 17.9 Å². The summed E-state index contributed by atoms with van der Waals surface area (Å²) in [6, 6.07) is 0. The van der Waals surface area contributed by atoms with Gasteiger partial charge in [-0.1, -0.05) is 257 Å². The Labute approximate surface area is 404 Å². The molecule has 6 heteroatoms. The van der Waals surface area contributed by atoms with Crippen molar-refractivity contribution in [2.75, 3.05) is 13.2 Å². The van der Waals surface area contributed by atoms with Gasteiger partial charge in [0.2, 0.25) is 0 Å². The first-order valence-corrected chi connectivity index (χ1v) is 28.8. The van der Waals surface area contributed by atoms with Crippen molar-refractivity contribution in [2.45, 2.75) is 322 Å². The average Bonchev–Trinajstić information content (AvgIpc) is 3.30. The molecule has 0 heterocycles. The zero-order chi connectivity index (χ0) is 47.2. The second kappa shape index (κ2) is 54.5. The van der Waals surface area contributed by atoms with Crippen LogP contribution in [0.1, 0.15) is 316 Å². The molecule has 0 saturated carbocycles. The van der Waals surface area contributed by atoms with E-state index in [2.05, 4.69) is 45.1 Å². The standard InChI is InChI=1S/C59H110O6/c1-4-7-10-13-16-19-22-24-26-27-28-29-30-31-32-34-35-37-40-43-46-49-52-58(61)64-55-56(54-63-57(60)51-48-45-42-39-21-18-15-12-9-6-3)65-59(62)53-50-47-44-41-38-36-33-25-23-20-17-14-11-8-5-2/h12,15,25,33,56H,4-11,13-14,16-24,26-32,34-55H2,1-3H3/b15-12-,33-25-. The lowest BCUT2D eigenvalue weighted by molar-refractivity contribution is -0.167. The Morgan fingerprint density at radius 3 is 0.831 bits per heavy atom. The third-order valence-electron chi connectivity index (χ3n) is 12.9. The highest BCUT2D eigenvalue weighted by Gasteiger charge is 2.19. The summed E-state index contributed by atoms with van der Waals surface area (Å²) in [5.74, 6) is -0.876. The lowest BCUT2D eigenvalue weighted by atomic mass is 10.0. The minimum atomic E-state index is -0.774. The van der Waals surface area contributed by atoms with E-state index in [1.807, 2.05) is 0 Å². The van der Waals surface area contributed by atoms with Crippen LogP contribution in [-0.4, -0.2) is 37.2 Å². The van der Waals surface area contributed by atoms with E-state index in [4.69, 9.17) is 14.2 Å². The van der Waals surface area contributed by atoms with E-state index >= 15 is 0 Å². The molecular formula is C59H110O6. The van der Waals surface area contributed by atoms with Crippen LogP contribution in [0.2, 0.25) is 0 Å². The molecule has 0 amide bonds. The number of hydrogen-bond donors (Lipinski definition) is 0. The van der Waals surface area contributed by atoms with Crippen LogP contribution in [0.25, 0.3) is 0 Å². The zero-order valence-electron chi connectivity index (χ0n) is 43.8. The summed E-state index contributed by atoms with van der Waals surface area (Å²) in [4.78, 5) is 38.0. The summed E-state index contributed by atoms with van der Waals surface area (Å²) < 4.78 is 16.8. The Bertz CT molecular complexity index is 1050. The lowest BCUT2D eigenvalue weighted by Gasteiger charge is -2.18. The fourth-order valence-corrected chi connectivity index (χ4v) is 8.56. The Hall–Kier alpha value is -2.11. The Morgan fingerprint density at radius 1 is 0.292 bits per heavy atom. The van der Waals surface area contributed by atoms with Gasteiger partial charge in [-0.3, -0.25) is 14.4 Å². The van der Waals surface area contributed by atoms with Crippen LogP contribution >= 0.6 is 0 Å². The van der Waals surface area contributed by atoms with Gasteiger partial charge in [-0.25, -0.2) is 0 Å². The second-order valence-electron chi connectivity index (χ2n) is 19.6. The maximum Gasteiger partial charge on any atom is 0.306 e. The van der Waals surface area contributed by atoms with Gasteiger partial charge in [0.05, 0.1) is 0 Å². The van der Waals surface area contributed by atoms with E-state index in [0.29, 0.717) is 19.3 Å². The first-order valence-electron chi connectivity index (χ1n) is 28.8. The van der Waals surface area contributed by atoms with Gasteiger partial charge in [0.15, 0.2) is 6.10 Å². The summed E-state index contributed by atoms with van der Waals surface area (Å²) >= 11 is 0. The molecule has 0 aromatic heterocycles. The Morgan fingerprint density at radius 2 is 0.538 bits per heavy atom. The molecule has 382 valence electrons. The number of ether oxygens (including phenoxy) is 3. The van der Waals surface area contributed by atoms with Gasteiger partial charge in [0, 0.05) is 19.3 Å². The van der Waals surface area contributed by atoms with Gasteiger partial charge in [0.1, 0.15) is 13.2 Å².